The molecule has 1 aliphatic rings. The van der Waals surface area contributed by atoms with Gasteiger partial charge >= 0.3 is 0 Å². The van der Waals surface area contributed by atoms with Crippen LogP contribution in [0.15, 0.2) is 18.2 Å². The standard InChI is InChI=1S/C12H15ClFN/c1-12(2)9(6-15)11(12)8-4-3-7(14)5-10(8)13/h3-5,9,11H,6,15H2,1-2H3/t9-,11-/m0/s1. The lowest BCUT2D eigenvalue weighted by molar-refractivity contribution is 0.558. The normalized spacial score (nSPS) is 27.8. The fraction of sp³-hybridized carbons (Fsp3) is 0.500. The summed E-state index contributed by atoms with van der Waals surface area (Å²) in [4.78, 5) is 0. The fourth-order valence-electron chi connectivity index (χ4n) is 2.56. The van der Waals surface area contributed by atoms with E-state index in [1.807, 2.05) is 0 Å². The molecule has 0 saturated heterocycles. The Morgan fingerprint density at radius 2 is 2.13 bits per heavy atom. The molecule has 0 radical (unpaired) electrons. The van der Waals surface area contributed by atoms with Crippen molar-refractivity contribution in [1.29, 1.82) is 0 Å². The van der Waals surface area contributed by atoms with Crippen molar-refractivity contribution in [3.8, 4) is 0 Å². The minimum absolute atomic E-state index is 0.191. The molecular formula is C12H15ClFN. The van der Waals surface area contributed by atoms with E-state index in [4.69, 9.17) is 17.3 Å². The Balaban J connectivity index is 2.33. The average molecular weight is 228 g/mol. The molecule has 3 heteroatoms. The van der Waals surface area contributed by atoms with Gasteiger partial charge in [0.05, 0.1) is 0 Å². The van der Waals surface area contributed by atoms with Crippen LogP contribution in [0.5, 0.6) is 0 Å². The van der Waals surface area contributed by atoms with Crippen molar-refractivity contribution >= 4 is 11.6 Å². The zero-order chi connectivity index (χ0) is 11.2. The van der Waals surface area contributed by atoms with Crippen molar-refractivity contribution in [2.24, 2.45) is 17.1 Å². The molecule has 2 atom stereocenters. The van der Waals surface area contributed by atoms with E-state index in [1.165, 1.54) is 12.1 Å². The Bertz CT molecular complexity index is 389. The Labute approximate surface area is 94.4 Å². The summed E-state index contributed by atoms with van der Waals surface area (Å²) in [7, 11) is 0. The highest BCUT2D eigenvalue weighted by Gasteiger charge is 2.57. The molecule has 2 rings (SSSR count). The second-order valence-electron chi connectivity index (χ2n) is 4.81. The number of halogens is 2. The zero-order valence-corrected chi connectivity index (χ0v) is 9.68. The van der Waals surface area contributed by atoms with E-state index in [2.05, 4.69) is 13.8 Å². The molecule has 0 aliphatic heterocycles. The van der Waals surface area contributed by atoms with E-state index in [0.717, 1.165) is 5.56 Å². The first kappa shape index (κ1) is 10.9. The van der Waals surface area contributed by atoms with Gasteiger partial charge in [-0.25, -0.2) is 4.39 Å². The molecule has 1 aromatic carbocycles. The molecular weight excluding hydrogens is 213 g/mol. The van der Waals surface area contributed by atoms with Gasteiger partial charge in [0, 0.05) is 5.02 Å². The lowest BCUT2D eigenvalue weighted by Crippen LogP contribution is -2.05. The van der Waals surface area contributed by atoms with Crippen LogP contribution in [-0.4, -0.2) is 6.54 Å². The number of benzene rings is 1. The lowest BCUT2D eigenvalue weighted by Gasteiger charge is -2.05. The maximum absolute atomic E-state index is 12.9. The van der Waals surface area contributed by atoms with Crippen molar-refractivity contribution in [3.05, 3.63) is 34.6 Å². The average Bonchev–Trinajstić information content (AvgIpc) is 2.68. The molecule has 15 heavy (non-hydrogen) atoms. The highest BCUT2D eigenvalue weighted by molar-refractivity contribution is 6.31. The Morgan fingerprint density at radius 1 is 1.47 bits per heavy atom. The Hall–Kier alpha value is -0.600. The van der Waals surface area contributed by atoms with Crippen molar-refractivity contribution in [2.75, 3.05) is 6.54 Å². The predicted octanol–water partition coefficient (Wildman–Crippen LogP) is 3.18. The number of hydrogen-bond donors (Lipinski definition) is 1. The first-order valence-electron chi connectivity index (χ1n) is 5.13. The second-order valence-corrected chi connectivity index (χ2v) is 5.21. The molecule has 0 spiro atoms. The molecule has 0 heterocycles. The van der Waals surface area contributed by atoms with Crippen LogP contribution in [0.2, 0.25) is 5.02 Å². The third kappa shape index (κ3) is 1.66. The van der Waals surface area contributed by atoms with Gasteiger partial charge in [-0.05, 0) is 41.5 Å². The van der Waals surface area contributed by atoms with Gasteiger partial charge in [0.2, 0.25) is 0 Å². The molecule has 1 saturated carbocycles. The minimum atomic E-state index is -0.286. The quantitative estimate of drug-likeness (QED) is 0.825. The van der Waals surface area contributed by atoms with Crippen LogP contribution in [0.3, 0.4) is 0 Å². The lowest BCUT2D eigenvalue weighted by atomic mass is 10.0. The van der Waals surface area contributed by atoms with Gasteiger partial charge in [0.25, 0.3) is 0 Å². The van der Waals surface area contributed by atoms with Gasteiger partial charge in [-0.2, -0.15) is 0 Å². The summed E-state index contributed by atoms with van der Waals surface area (Å²) < 4.78 is 12.9. The van der Waals surface area contributed by atoms with Gasteiger partial charge < -0.3 is 5.73 Å². The molecule has 1 nitrogen and oxygen atoms in total. The summed E-state index contributed by atoms with van der Waals surface area (Å²) in [6.45, 7) is 5.01. The Morgan fingerprint density at radius 3 is 2.60 bits per heavy atom. The molecule has 0 unspecified atom stereocenters. The van der Waals surface area contributed by atoms with Crippen LogP contribution >= 0.6 is 11.6 Å². The molecule has 1 aromatic rings. The van der Waals surface area contributed by atoms with Gasteiger partial charge in [0.1, 0.15) is 5.82 Å². The summed E-state index contributed by atoms with van der Waals surface area (Å²) >= 11 is 6.03. The van der Waals surface area contributed by atoms with Crippen LogP contribution < -0.4 is 5.73 Å². The van der Waals surface area contributed by atoms with E-state index < -0.39 is 0 Å². The molecule has 0 bridgehead atoms. The highest BCUT2D eigenvalue weighted by atomic mass is 35.5. The monoisotopic (exact) mass is 227 g/mol. The molecule has 1 fully saturated rings. The van der Waals surface area contributed by atoms with Gasteiger partial charge in [-0.1, -0.05) is 31.5 Å². The molecule has 82 valence electrons. The van der Waals surface area contributed by atoms with Gasteiger partial charge in [-0.3, -0.25) is 0 Å². The Kier molecular flexibility index (Phi) is 2.52. The third-order valence-corrected chi connectivity index (χ3v) is 3.93. The van der Waals surface area contributed by atoms with Crippen molar-refractivity contribution in [2.45, 2.75) is 19.8 Å². The molecule has 0 amide bonds. The SMILES string of the molecule is CC1(C)[C@@H](CN)[C@@H]1c1ccc(F)cc1Cl. The van der Waals surface area contributed by atoms with Crippen molar-refractivity contribution < 1.29 is 4.39 Å². The van der Waals surface area contributed by atoms with Crippen LogP contribution in [0.25, 0.3) is 0 Å². The predicted molar refractivity (Wildman–Crippen MR) is 60.5 cm³/mol. The minimum Gasteiger partial charge on any atom is -0.330 e. The van der Waals surface area contributed by atoms with Crippen molar-refractivity contribution in [3.63, 3.8) is 0 Å². The van der Waals surface area contributed by atoms with Gasteiger partial charge in [-0.15, -0.1) is 0 Å². The largest absolute Gasteiger partial charge is 0.330 e. The summed E-state index contributed by atoms with van der Waals surface area (Å²) in [6, 6.07) is 4.61. The van der Waals surface area contributed by atoms with E-state index >= 15 is 0 Å². The maximum atomic E-state index is 12.9. The molecule has 0 aromatic heterocycles. The van der Waals surface area contributed by atoms with E-state index in [0.29, 0.717) is 23.4 Å². The highest BCUT2D eigenvalue weighted by Crippen LogP contribution is 2.64. The smallest absolute Gasteiger partial charge is 0.124 e. The van der Waals surface area contributed by atoms with Gasteiger partial charge in [0.15, 0.2) is 0 Å². The fourth-order valence-corrected chi connectivity index (χ4v) is 2.84. The number of rotatable bonds is 2. The van der Waals surface area contributed by atoms with Crippen LogP contribution in [-0.2, 0) is 0 Å². The van der Waals surface area contributed by atoms with Crippen LogP contribution in [0.4, 0.5) is 4.39 Å². The summed E-state index contributed by atoms with van der Waals surface area (Å²) in [5.74, 6) is 0.544. The summed E-state index contributed by atoms with van der Waals surface area (Å²) in [6.07, 6.45) is 0. The third-order valence-electron chi connectivity index (χ3n) is 3.60. The zero-order valence-electron chi connectivity index (χ0n) is 8.93. The topological polar surface area (TPSA) is 26.0 Å². The van der Waals surface area contributed by atoms with E-state index in [1.54, 1.807) is 6.07 Å². The number of nitrogens with two attached hydrogens (primary N) is 1. The first-order valence-corrected chi connectivity index (χ1v) is 5.51. The number of hydrogen-bond acceptors (Lipinski definition) is 1. The van der Waals surface area contributed by atoms with Crippen molar-refractivity contribution in [1.82, 2.24) is 0 Å². The van der Waals surface area contributed by atoms with Crippen LogP contribution in [0.1, 0.15) is 25.3 Å². The van der Waals surface area contributed by atoms with E-state index in [9.17, 15) is 4.39 Å². The van der Waals surface area contributed by atoms with Crippen LogP contribution in [0, 0.1) is 17.2 Å². The second kappa shape index (κ2) is 3.46. The molecule has 1 aliphatic carbocycles. The van der Waals surface area contributed by atoms with E-state index in [-0.39, 0.29) is 11.2 Å². The summed E-state index contributed by atoms with van der Waals surface area (Å²) in [5.41, 5.74) is 6.92. The summed E-state index contributed by atoms with van der Waals surface area (Å²) in [5, 5.41) is 0.518. The first-order chi connectivity index (χ1) is 6.98. The maximum Gasteiger partial charge on any atom is 0.124 e. The molecule has 2 N–H and O–H groups in total.